The smallest absolute Gasteiger partial charge is 0.123 e. The van der Waals surface area contributed by atoms with Crippen molar-refractivity contribution in [1.29, 1.82) is 0 Å². The number of nitrogens with zero attached hydrogens (tertiary/aromatic N) is 1. The van der Waals surface area contributed by atoms with Crippen molar-refractivity contribution in [1.82, 2.24) is 4.98 Å². The van der Waals surface area contributed by atoms with Gasteiger partial charge in [0.25, 0.3) is 0 Å². The minimum atomic E-state index is 0.369. The molecule has 1 aromatic carbocycles. The summed E-state index contributed by atoms with van der Waals surface area (Å²) in [6.45, 7) is 4.21. The molecule has 0 saturated carbocycles. The van der Waals surface area contributed by atoms with Gasteiger partial charge in [0.05, 0.1) is 19.2 Å². The van der Waals surface area contributed by atoms with Gasteiger partial charge in [0.15, 0.2) is 0 Å². The van der Waals surface area contributed by atoms with Crippen LogP contribution >= 0.6 is 11.3 Å². The first-order valence-corrected chi connectivity index (χ1v) is 6.86. The molecule has 0 unspecified atom stereocenters. The standard InChI is InChI=1S/C14H18N2O2S/c1-8(2)14-16-12(13(15)19-14)9-5-10(17-3)7-11(6-9)18-4/h5-8H,15H2,1-4H3. The van der Waals surface area contributed by atoms with Gasteiger partial charge >= 0.3 is 0 Å². The van der Waals surface area contributed by atoms with Crippen molar-refractivity contribution >= 4 is 16.3 Å². The molecule has 2 N–H and O–H groups in total. The fourth-order valence-electron chi connectivity index (χ4n) is 1.75. The largest absolute Gasteiger partial charge is 0.497 e. The molecule has 0 atom stereocenters. The van der Waals surface area contributed by atoms with Gasteiger partial charge in [-0.2, -0.15) is 0 Å². The van der Waals surface area contributed by atoms with E-state index >= 15 is 0 Å². The highest BCUT2D eigenvalue weighted by Gasteiger charge is 2.14. The molecule has 0 saturated heterocycles. The average Bonchev–Trinajstić information content (AvgIpc) is 2.80. The van der Waals surface area contributed by atoms with Crippen molar-refractivity contribution < 1.29 is 9.47 Å². The summed E-state index contributed by atoms with van der Waals surface area (Å²) >= 11 is 1.53. The fraction of sp³-hybridized carbons (Fsp3) is 0.357. The number of thiazole rings is 1. The van der Waals surface area contributed by atoms with E-state index in [4.69, 9.17) is 15.2 Å². The van der Waals surface area contributed by atoms with E-state index in [9.17, 15) is 0 Å². The topological polar surface area (TPSA) is 57.4 Å². The Balaban J connectivity index is 2.51. The van der Waals surface area contributed by atoms with Crippen LogP contribution in [0.15, 0.2) is 18.2 Å². The number of aromatic nitrogens is 1. The number of anilines is 1. The number of nitrogen functional groups attached to an aromatic ring is 1. The van der Waals surface area contributed by atoms with Gasteiger partial charge < -0.3 is 15.2 Å². The molecule has 0 radical (unpaired) electrons. The predicted molar refractivity (Wildman–Crippen MR) is 79.2 cm³/mol. The molecule has 102 valence electrons. The highest BCUT2D eigenvalue weighted by atomic mass is 32.1. The Bertz CT molecular complexity index is 557. The van der Waals surface area contributed by atoms with E-state index < -0.39 is 0 Å². The second-order valence-corrected chi connectivity index (χ2v) is 5.58. The number of methoxy groups -OCH3 is 2. The molecule has 0 aliphatic heterocycles. The fourth-order valence-corrected chi connectivity index (χ4v) is 2.61. The van der Waals surface area contributed by atoms with Gasteiger partial charge in [-0.1, -0.05) is 13.8 Å². The molecular weight excluding hydrogens is 260 g/mol. The van der Waals surface area contributed by atoms with Gasteiger partial charge in [0, 0.05) is 17.5 Å². The van der Waals surface area contributed by atoms with Gasteiger partial charge in [-0.05, 0) is 12.1 Å². The van der Waals surface area contributed by atoms with Crippen LogP contribution in [-0.2, 0) is 0 Å². The van der Waals surface area contributed by atoms with E-state index in [0.29, 0.717) is 5.92 Å². The van der Waals surface area contributed by atoms with Crippen LogP contribution in [0.3, 0.4) is 0 Å². The molecule has 1 aromatic heterocycles. The van der Waals surface area contributed by atoms with Crippen molar-refractivity contribution in [2.24, 2.45) is 0 Å². The Morgan fingerprint density at radius 2 is 1.68 bits per heavy atom. The highest BCUT2D eigenvalue weighted by Crippen LogP contribution is 2.37. The molecular formula is C14H18N2O2S. The van der Waals surface area contributed by atoms with Crippen LogP contribution in [-0.4, -0.2) is 19.2 Å². The Kier molecular flexibility index (Phi) is 3.95. The summed E-state index contributed by atoms with van der Waals surface area (Å²) in [5.74, 6) is 1.83. The lowest BCUT2D eigenvalue weighted by Gasteiger charge is -2.07. The summed E-state index contributed by atoms with van der Waals surface area (Å²) < 4.78 is 10.5. The zero-order chi connectivity index (χ0) is 14.0. The van der Waals surface area contributed by atoms with Crippen LogP contribution in [0.2, 0.25) is 0 Å². The Morgan fingerprint density at radius 3 is 2.11 bits per heavy atom. The van der Waals surface area contributed by atoms with Gasteiger partial charge in [-0.25, -0.2) is 4.98 Å². The number of hydrogen-bond donors (Lipinski definition) is 1. The zero-order valence-corrected chi connectivity index (χ0v) is 12.4. The van der Waals surface area contributed by atoms with Crippen LogP contribution in [0.1, 0.15) is 24.8 Å². The number of hydrogen-bond acceptors (Lipinski definition) is 5. The first-order valence-electron chi connectivity index (χ1n) is 6.04. The second-order valence-electron chi connectivity index (χ2n) is 4.52. The number of rotatable bonds is 4. The molecule has 0 fully saturated rings. The van der Waals surface area contributed by atoms with Crippen molar-refractivity contribution in [3.63, 3.8) is 0 Å². The summed E-state index contributed by atoms with van der Waals surface area (Å²) in [7, 11) is 3.25. The predicted octanol–water partition coefficient (Wildman–Crippen LogP) is 3.53. The number of nitrogens with two attached hydrogens (primary N) is 1. The average molecular weight is 278 g/mol. The number of ether oxygens (including phenoxy) is 2. The van der Waals surface area contributed by atoms with E-state index in [0.717, 1.165) is 32.8 Å². The minimum Gasteiger partial charge on any atom is -0.497 e. The summed E-state index contributed by atoms with van der Waals surface area (Å²) in [4.78, 5) is 4.61. The molecule has 4 nitrogen and oxygen atoms in total. The van der Waals surface area contributed by atoms with Crippen LogP contribution in [0, 0.1) is 0 Å². The molecule has 5 heteroatoms. The first-order chi connectivity index (χ1) is 9.05. The molecule has 0 spiro atoms. The van der Waals surface area contributed by atoms with Gasteiger partial charge in [0.1, 0.15) is 22.2 Å². The van der Waals surface area contributed by atoms with E-state index in [1.54, 1.807) is 14.2 Å². The minimum absolute atomic E-state index is 0.369. The SMILES string of the molecule is COc1cc(OC)cc(-c2nc(C(C)C)sc2N)c1. The van der Waals surface area contributed by atoms with Gasteiger partial charge in [-0.15, -0.1) is 11.3 Å². The Morgan fingerprint density at radius 1 is 1.11 bits per heavy atom. The summed E-state index contributed by atoms with van der Waals surface area (Å²) in [5, 5.41) is 1.76. The van der Waals surface area contributed by atoms with Crippen molar-refractivity contribution in [2.45, 2.75) is 19.8 Å². The van der Waals surface area contributed by atoms with E-state index in [2.05, 4.69) is 18.8 Å². The molecule has 0 aliphatic rings. The Labute approximate surface area is 117 Å². The number of benzene rings is 1. The Hall–Kier alpha value is -1.75. The van der Waals surface area contributed by atoms with E-state index in [1.165, 1.54) is 11.3 Å². The lowest BCUT2D eigenvalue weighted by molar-refractivity contribution is 0.394. The molecule has 0 aliphatic carbocycles. The molecule has 1 heterocycles. The van der Waals surface area contributed by atoms with Gasteiger partial charge in [-0.3, -0.25) is 0 Å². The molecule has 2 rings (SSSR count). The maximum Gasteiger partial charge on any atom is 0.123 e. The maximum absolute atomic E-state index is 6.07. The third-order valence-corrected chi connectivity index (χ3v) is 3.97. The van der Waals surface area contributed by atoms with E-state index in [-0.39, 0.29) is 0 Å². The molecule has 0 amide bonds. The lowest BCUT2D eigenvalue weighted by Crippen LogP contribution is -1.91. The van der Waals surface area contributed by atoms with Gasteiger partial charge in [0.2, 0.25) is 0 Å². The zero-order valence-electron chi connectivity index (χ0n) is 11.6. The highest BCUT2D eigenvalue weighted by molar-refractivity contribution is 7.16. The van der Waals surface area contributed by atoms with Crippen LogP contribution in [0.25, 0.3) is 11.3 Å². The third kappa shape index (κ3) is 2.81. The van der Waals surface area contributed by atoms with Crippen LogP contribution in [0.5, 0.6) is 11.5 Å². The summed E-state index contributed by atoms with van der Waals surface area (Å²) in [6, 6.07) is 5.66. The summed E-state index contributed by atoms with van der Waals surface area (Å²) in [5.41, 5.74) is 7.78. The lowest BCUT2D eigenvalue weighted by atomic mass is 10.1. The van der Waals surface area contributed by atoms with Crippen molar-refractivity contribution in [2.75, 3.05) is 20.0 Å². The van der Waals surface area contributed by atoms with Crippen LogP contribution in [0.4, 0.5) is 5.00 Å². The molecule has 0 bridgehead atoms. The monoisotopic (exact) mass is 278 g/mol. The third-order valence-electron chi connectivity index (χ3n) is 2.79. The summed E-state index contributed by atoms with van der Waals surface area (Å²) in [6.07, 6.45) is 0. The normalized spacial score (nSPS) is 10.8. The maximum atomic E-state index is 6.07. The second kappa shape index (κ2) is 5.48. The quantitative estimate of drug-likeness (QED) is 0.929. The van der Waals surface area contributed by atoms with E-state index in [1.807, 2.05) is 18.2 Å². The first kappa shape index (κ1) is 13.7. The van der Waals surface area contributed by atoms with Crippen LogP contribution < -0.4 is 15.2 Å². The molecule has 19 heavy (non-hydrogen) atoms. The van der Waals surface area contributed by atoms with Crippen molar-refractivity contribution in [3.05, 3.63) is 23.2 Å². The molecule has 2 aromatic rings. The van der Waals surface area contributed by atoms with Crippen molar-refractivity contribution in [3.8, 4) is 22.8 Å².